The van der Waals surface area contributed by atoms with Crippen molar-refractivity contribution in [2.75, 3.05) is 0 Å². The molecule has 0 heterocycles. The Morgan fingerprint density at radius 3 is 1.66 bits per heavy atom. The molecule has 1 unspecified atom stereocenters. The predicted molar refractivity (Wildman–Crippen MR) is 115 cm³/mol. The molecule has 148 valence electrons. The van der Waals surface area contributed by atoms with Crippen molar-refractivity contribution < 1.29 is 9.59 Å². The molecular weight excluding hydrogens is 360 g/mol. The Balaban J connectivity index is 1.80. The normalized spacial score (nSPS) is 11.5. The average molecular weight is 386 g/mol. The Morgan fingerprint density at radius 1 is 0.759 bits per heavy atom. The van der Waals surface area contributed by atoms with E-state index in [1.54, 1.807) is 0 Å². The van der Waals surface area contributed by atoms with E-state index in [0.717, 1.165) is 16.7 Å². The molecule has 0 aliphatic rings. The van der Waals surface area contributed by atoms with Gasteiger partial charge in [-0.05, 0) is 16.7 Å². The van der Waals surface area contributed by atoms with Gasteiger partial charge in [0.2, 0.25) is 11.8 Å². The van der Waals surface area contributed by atoms with Crippen molar-refractivity contribution in [1.82, 2.24) is 10.2 Å². The van der Waals surface area contributed by atoms with Crippen LogP contribution in [0.15, 0.2) is 91.0 Å². The van der Waals surface area contributed by atoms with Crippen LogP contribution >= 0.6 is 0 Å². The number of hydrogen-bond donors (Lipinski definition) is 1. The lowest BCUT2D eigenvalue weighted by molar-refractivity contribution is -0.133. The summed E-state index contributed by atoms with van der Waals surface area (Å²) in [6.45, 7) is 2.53. The van der Waals surface area contributed by atoms with Gasteiger partial charge in [-0.2, -0.15) is 0 Å². The van der Waals surface area contributed by atoms with Crippen LogP contribution in [0.3, 0.4) is 0 Å². The number of rotatable bonds is 8. The van der Waals surface area contributed by atoms with E-state index in [1.165, 1.54) is 6.92 Å². The largest absolute Gasteiger partial charge is 0.349 e. The number of benzene rings is 3. The van der Waals surface area contributed by atoms with Crippen LogP contribution in [0.4, 0.5) is 0 Å². The molecule has 3 rings (SSSR count). The van der Waals surface area contributed by atoms with E-state index in [4.69, 9.17) is 0 Å². The minimum absolute atomic E-state index is 0.000286. The molecule has 4 heteroatoms. The highest BCUT2D eigenvalue weighted by Crippen LogP contribution is 2.20. The molecule has 3 aromatic rings. The molecule has 4 nitrogen and oxygen atoms in total. The summed E-state index contributed by atoms with van der Waals surface area (Å²) < 4.78 is 0. The minimum atomic E-state index is -0.352. The van der Waals surface area contributed by atoms with Crippen molar-refractivity contribution in [3.63, 3.8) is 0 Å². The van der Waals surface area contributed by atoms with Gasteiger partial charge in [0.25, 0.3) is 0 Å². The molecule has 3 aromatic carbocycles. The predicted octanol–water partition coefficient (Wildman–Crippen LogP) is 4.48. The molecule has 0 fully saturated rings. The van der Waals surface area contributed by atoms with Crippen LogP contribution in [0.1, 0.15) is 36.1 Å². The zero-order valence-electron chi connectivity index (χ0n) is 16.6. The van der Waals surface area contributed by atoms with Gasteiger partial charge in [0.05, 0.1) is 12.5 Å². The summed E-state index contributed by atoms with van der Waals surface area (Å²) in [4.78, 5) is 26.9. The summed E-state index contributed by atoms with van der Waals surface area (Å²) in [7, 11) is 0. The van der Waals surface area contributed by atoms with Gasteiger partial charge in [0, 0.05) is 20.0 Å². The van der Waals surface area contributed by atoms with Crippen molar-refractivity contribution in [2.45, 2.75) is 32.5 Å². The lowest BCUT2D eigenvalue weighted by atomic mass is 10.0. The van der Waals surface area contributed by atoms with Gasteiger partial charge in [-0.25, -0.2) is 0 Å². The molecule has 1 atom stereocenters. The first-order valence-electron chi connectivity index (χ1n) is 9.79. The van der Waals surface area contributed by atoms with E-state index >= 15 is 0 Å². The summed E-state index contributed by atoms with van der Waals surface area (Å²) in [5.41, 5.74) is 3.08. The second-order valence-electron chi connectivity index (χ2n) is 7.09. The number of carbonyl (C=O) groups is 2. The maximum atomic E-state index is 13.3. The maximum absolute atomic E-state index is 13.3. The third kappa shape index (κ3) is 6.32. The van der Waals surface area contributed by atoms with E-state index in [0.29, 0.717) is 13.1 Å². The Kier molecular flexibility index (Phi) is 7.17. The molecule has 0 aliphatic heterocycles. The summed E-state index contributed by atoms with van der Waals surface area (Å²) in [5.74, 6) is -0.148. The third-order valence-electron chi connectivity index (χ3n) is 4.74. The second kappa shape index (κ2) is 10.2. The van der Waals surface area contributed by atoms with Crippen LogP contribution in [0.25, 0.3) is 0 Å². The van der Waals surface area contributed by atoms with Crippen LogP contribution in [0.2, 0.25) is 0 Å². The van der Waals surface area contributed by atoms with Crippen molar-refractivity contribution in [3.8, 4) is 0 Å². The zero-order valence-corrected chi connectivity index (χ0v) is 16.6. The fraction of sp³-hybridized carbons (Fsp3) is 0.200. The molecule has 2 amide bonds. The van der Waals surface area contributed by atoms with Crippen LogP contribution in [0, 0.1) is 0 Å². The van der Waals surface area contributed by atoms with Crippen LogP contribution in [-0.4, -0.2) is 16.7 Å². The van der Waals surface area contributed by atoms with Crippen LogP contribution in [-0.2, 0) is 22.7 Å². The first kappa shape index (κ1) is 20.3. The SMILES string of the molecule is CC(=O)NC(CC(=O)N(Cc1ccccc1)Cc1ccccc1)c1ccccc1. The number of amides is 2. The van der Waals surface area contributed by atoms with Gasteiger partial charge >= 0.3 is 0 Å². The molecule has 0 radical (unpaired) electrons. The summed E-state index contributed by atoms with van der Waals surface area (Å²) in [6.07, 6.45) is 0.212. The topological polar surface area (TPSA) is 49.4 Å². The number of carbonyl (C=O) groups excluding carboxylic acids is 2. The smallest absolute Gasteiger partial charge is 0.225 e. The highest BCUT2D eigenvalue weighted by Gasteiger charge is 2.22. The molecule has 0 aromatic heterocycles. The van der Waals surface area contributed by atoms with Gasteiger partial charge < -0.3 is 10.2 Å². The standard InChI is InChI=1S/C25H26N2O2/c1-20(28)26-24(23-15-9-4-10-16-23)17-25(29)27(18-21-11-5-2-6-12-21)19-22-13-7-3-8-14-22/h2-16,24H,17-19H2,1H3,(H,26,28). The monoisotopic (exact) mass is 386 g/mol. The van der Waals surface area contributed by atoms with Crippen LogP contribution < -0.4 is 5.32 Å². The molecule has 0 saturated heterocycles. The van der Waals surface area contributed by atoms with E-state index in [9.17, 15) is 9.59 Å². The molecule has 0 spiro atoms. The first-order valence-corrected chi connectivity index (χ1v) is 9.79. The Labute approximate surface area is 172 Å². The average Bonchev–Trinajstić information content (AvgIpc) is 2.74. The Morgan fingerprint density at radius 2 is 1.21 bits per heavy atom. The van der Waals surface area contributed by atoms with Crippen molar-refractivity contribution in [1.29, 1.82) is 0 Å². The highest BCUT2D eigenvalue weighted by atomic mass is 16.2. The highest BCUT2D eigenvalue weighted by molar-refractivity contribution is 5.79. The number of nitrogens with one attached hydrogen (secondary N) is 1. The second-order valence-corrected chi connectivity index (χ2v) is 7.09. The summed E-state index contributed by atoms with van der Waals surface area (Å²) in [6, 6.07) is 29.2. The molecule has 0 bridgehead atoms. The molecule has 0 aliphatic carbocycles. The van der Waals surface area contributed by atoms with E-state index in [2.05, 4.69) is 5.32 Å². The molecule has 29 heavy (non-hydrogen) atoms. The zero-order chi connectivity index (χ0) is 20.5. The van der Waals surface area contributed by atoms with Gasteiger partial charge in [-0.15, -0.1) is 0 Å². The summed E-state index contributed by atoms with van der Waals surface area (Å²) >= 11 is 0. The fourth-order valence-corrected chi connectivity index (χ4v) is 3.33. The number of hydrogen-bond acceptors (Lipinski definition) is 2. The fourth-order valence-electron chi connectivity index (χ4n) is 3.33. The molecule has 1 N–H and O–H groups in total. The van der Waals surface area contributed by atoms with Crippen molar-refractivity contribution >= 4 is 11.8 Å². The quantitative estimate of drug-likeness (QED) is 0.620. The summed E-state index contributed by atoms with van der Waals surface area (Å²) in [5, 5.41) is 2.92. The van der Waals surface area contributed by atoms with Crippen molar-refractivity contribution in [2.24, 2.45) is 0 Å². The number of nitrogens with zero attached hydrogens (tertiary/aromatic N) is 1. The maximum Gasteiger partial charge on any atom is 0.225 e. The molecular formula is C25H26N2O2. The van der Waals surface area contributed by atoms with Gasteiger partial charge in [0.1, 0.15) is 0 Å². The third-order valence-corrected chi connectivity index (χ3v) is 4.74. The Bertz CT molecular complexity index is 870. The van der Waals surface area contributed by atoms with E-state index in [-0.39, 0.29) is 24.3 Å². The first-order chi connectivity index (χ1) is 14.1. The lowest BCUT2D eigenvalue weighted by Gasteiger charge is -2.26. The van der Waals surface area contributed by atoms with Gasteiger partial charge in [0.15, 0.2) is 0 Å². The van der Waals surface area contributed by atoms with E-state index < -0.39 is 0 Å². The molecule has 0 saturated carbocycles. The van der Waals surface area contributed by atoms with E-state index in [1.807, 2.05) is 95.9 Å². The lowest BCUT2D eigenvalue weighted by Crippen LogP contribution is -2.35. The van der Waals surface area contributed by atoms with Gasteiger partial charge in [-0.3, -0.25) is 9.59 Å². The minimum Gasteiger partial charge on any atom is -0.349 e. The van der Waals surface area contributed by atoms with Crippen molar-refractivity contribution in [3.05, 3.63) is 108 Å². The Hall–Kier alpha value is -3.40. The van der Waals surface area contributed by atoms with Gasteiger partial charge in [-0.1, -0.05) is 91.0 Å². The van der Waals surface area contributed by atoms with Crippen LogP contribution in [0.5, 0.6) is 0 Å².